The monoisotopic (exact) mass is 279 g/mol. The number of phenolic OH excluding ortho intramolecular Hbond substituents is 1. The largest absolute Gasteiger partial charge is 0.508 e. The first-order valence-electron chi connectivity index (χ1n) is 5.41. The van der Waals surface area contributed by atoms with E-state index in [9.17, 15) is 15.2 Å². The lowest BCUT2D eigenvalue weighted by atomic mass is 10.2. The lowest BCUT2D eigenvalue weighted by Crippen LogP contribution is -2.04. The molecule has 0 saturated carbocycles. The number of benzene rings is 2. The highest BCUT2D eigenvalue weighted by Gasteiger charge is 2.23. The van der Waals surface area contributed by atoms with Crippen LogP contribution in [-0.4, -0.2) is 10.0 Å². The fourth-order valence-electron chi connectivity index (χ4n) is 1.52. The van der Waals surface area contributed by atoms with Gasteiger partial charge in [0.05, 0.1) is 5.56 Å². The number of hydrogen-bond acceptors (Lipinski definition) is 4. The van der Waals surface area contributed by atoms with Gasteiger partial charge in [-0.15, -0.1) is 0 Å². The number of ether oxygens (including phenoxy) is 1. The summed E-state index contributed by atoms with van der Waals surface area (Å²) < 4.78 is 5.54. The maximum Gasteiger partial charge on any atom is 0.315 e. The third kappa shape index (κ3) is 3.14. The Morgan fingerprint density at radius 2 is 1.79 bits per heavy atom. The number of aromatic hydroxyl groups is 1. The minimum atomic E-state index is -1.37. The Labute approximate surface area is 114 Å². The van der Waals surface area contributed by atoms with Crippen molar-refractivity contribution < 1.29 is 14.8 Å². The first-order chi connectivity index (χ1) is 9.08. The van der Waals surface area contributed by atoms with Crippen molar-refractivity contribution in [2.45, 2.75) is 5.50 Å². The maximum atomic E-state index is 10.7. The first-order valence-corrected chi connectivity index (χ1v) is 5.85. The zero-order valence-corrected chi connectivity index (χ0v) is 10.4. The highest BCUT2D eigenvalue weighted by molar-refractivity contribution is 6.19. The van der Waals surface area contributed by atoms with Gasteiger partial charge in [-0.25, -0.2) is 0 Å². The molecule has 1 unspecified atom stereocenters. The van der Waals surface area contributed by atoms with Crippen molar-refractivity contribution in [2.24, 2.45) is 0 Å². The quantitative estimate of drug-likeness (QED) is 0.401. The molecule has 0 aliphatic rings. The number of para-hydroxylation sites is 1. The molecule has 2 aromatic rings. The van der Waals surface area contributed by atoms with Crippen LogP contribution in [0.3, 0.4) is 0 Å². The van der Waals surface area contributed by atoms with Crippen LogP contribution < -0.4 is 4.74 Å². The van der Waals surface area contributed by atoms with Crippen molar-refractivity contribution in [3.05, 3.63) is 64.2 Å². The van der Waals surface area contributed by atoms with Gasteiger partial charge in [0.1, 0.15) is 17.2 Å². The maximum absolute atomic E-state index is 10.7. The lowest BCUT2D eigenvalue weighted by molar-refractivity contribution is -0.503. The molecule has 0 heterocycles. The molecule has 2 rings (SSSR count). The van der Waals surface area contributed by atoms with Gasteiger partial charge in [0.15, 0.2) is 0 Å². The van der Waals surface area contributed by atoms with Gasteiger partial charge in [0.25, 0.3) is 0 Å². The van der Waals surface area contributed by atoms with E-state index in [1.54, 1.807) is 30.3 Å². The van der Waals surface area contributed by atoms with Crippen LogP contribution >= 0.6 is 11.6 Å². The van der Waals surface area contributed by atoms with E-state index in [1.807, 2.05) is 0 Å². The van der Waals surface area contributed by atoms with Gasteiger partial charge in [-0.05, 0) is 48.0 Å². The van der Waals surface area contributed by atoms with Crippen LogP contribution in [0.1, 0.15) is 11.1 Å². The molecule has 0 bridgehead atoms. The van der Waals surface area contributed by atoms with Crippen LogP contribution in [0.15, 0.2) is 48.5 Å². The Bertz CT molecular complexity index is 585. The van der Waals surface area contributed by atoms with Crippen LogP contribution in [0.5, 0.6) is 17.2 Å². The summed E-state index contributed by atoms with van der Waals surface area (Å²) >= 11 is 5.72. The van der Waals surface area contributed by atoms with E-state index in [-0.39, 0.29) is 11.3 Å². The molecule has 19 heavy (non-hydrogen) atoms. The van der Waals surface area contributed by atoms with Crippen LogP contribution in [0.25, 0.3) is 0 Å². The third-order valence-electron chi connectivity index (χ3n) is 2.43. The Hall–Kier alpha value is -2.27. The number of nitrogens with zero attached hydrogens (tertiary/aromatic N) is 1. The molecule has 0 spiro atoms. The molecule has 98 valence electrons. The summed E-state index contributed by atoms with van der Waals surface area (Å²) in [4.78, 5) is 10.1. The highest BCUT2D eigenvalue weighted by atomic mass is 35.5. The SMILES string of the molecule is O=[N+]([O-])C(Cl)c1ccccc1Oc1ccc(O)cc1. The van der Waals surface area contributed by atoms with Crippen LogP contribution in [0.2, 0.25) is 0 Å². The average Bonchev–Trinajstić information content (AvgIpc) is 2.41. The highest BCUT2D eigenvalue weighted by Crippen LogP contribution is 2.33. The summed E-state index contributed by atoms with van der Waals surface area (Å²) in [5, 5.41) is 19.9. The molecule has 1 N–H and O–H groups in total. The Morgan fingerprint density at radius 3 is 2.42 bits per heavy atom. The van der Waals surface area contributed by atoms with Crippen molar-refractivity contribution in [2.75, 3.05) is 0 Å². The predicted molar refractivity (Wildman–Crippen MR) is 70.2 cm³/mol. The second-order valence-corrected chi connectivity index (χ2v) is 4.17. The van der Waals surface area contributed by atoms with E-state index in [2.05, 4.69) is 0 Å². The minimum Gasteiger partial charge on any atom is -0.508 e. The predicted octanol–water partition coefficient (Wildman–Crippen LogP) is 3.70. The number of alkyl halides is 1. The standard InChI is InChI=1S/C13H10ClNO4/c14-13(15(17)18)11-3-1-2-4-12(11)19-10-7-5-9(16)6-8-10/h1-8,13,16H. The molecule has 2 aromatic carbocycles. The molecule has 0 amide bonds. The van der Waals surface area contributed by atoms with Gasteiger partial charge in [-0.3, -0.25) is 10.1 Å². The molecule has 0 saturated heterocycles. The normalized spacial score (nSPS) is 11.8. The third-order valence-corrected chi connectivity index (χ3v) is 2.82. The Kier molecular flexibility index (Phi) is 3.87. The molecular formula is C13H10ClNO4. The molecule has 0 aromatic heterocycles. The topological polar surface area (TPSA) is 72.6 Å². The summed E-state index contributed by atoms with van der Waals surface area (Å²) in [6.07, 6.45) is 0. The summed E-state index contributed by atoms with van der Waals surface area (Å²) in [5.74, 6) is 0.878. The molecule has 6 heteroatoms. The lowest BCUT2D eigenvalue weighted by Gasteiger charge is -2.11. The van der Waals surface area contributed by atoms with Crippen molar-refractivity contribution in [3.8, 4) is 17.2 Å². The van der Waals surface area contributed by atoms with Crippen LogP contribution in [0, 0.1) is 10.1 Å². The number of hydrogen-bond donors (Lipinski definition) is 1. The Morgan fingerprint density at radius 1 is 1.16 bits per heavy atom. The van der Waals surface area contributed by atoms with E-state index >= 15 is 0 Å². The van der Waals surface area contributed by atoms with Gasteiger partial charge in [-0.1, -0.05) is 12.1 Å². The molecule has 0 radical (unpaired) electrons. The van der Waals surface area contributed by atoms with Crippen molar-refractivity contribution in [3.63, 3.8) is 0 Å². The van der Waals surface area contributed by atoms with Crippen molar-refractivity contribution >= 4 is 11.6 Å². The van der Waals surface area contributed by atoms with Gasteiger partial charge < -0.3 is 9.84 Å². The van der Waals surface area contributed by atoms with E-state index < -0.39 is 10.4 Å². The zero-order chi connectivity index (χ0) is 13.8. The Balaban J connectivity index is 2.30. The van der Waals surface area contributed by atoms with E-state index in [1.165, 1.54) is 18.2 Å². The van der Waals surface area contributed by atoms with Crippen LogP contribution in [0.4, 0.5) is 0 Å². The van der Waals surface area contributed by atoms with E-state index in [0.29, 0.717) is 11.5 Å². The smallest absolute Gasteiger partial charge is 0.315 e. The summed E-state index contributed by atoms with van der Waals surface area (Å²) in [6, 6.07) is 12.5. The number of rotatable bonds is 4. The fourth-order valence-corrected chi connectivity index (χ4v) is 1.71. The first kappa shape index (κ1) is 13.2. The number of phenols is 1. The minimum absolute atomic E-state index is 0.112. The van der Waals surface area contributed by atoms with Crippen LogP contribution in [-0.2, 0) is 0 Å². The van der Waals surface area contributed by atoms with Gasteiger partial charge in [0.2, 0.25) is 0 Å². The molecular weight excluding hydrogens is 270 g/mol. The fraction of sp³-hybridized carbons (Fsp3) is 0.0769. The molecule has 1 atom stereocenters. The summed E-state index contributed by atoms with van der Waals surface area (Å²) in [6.45, 7) is 0. The van der Waals surface area contributed by atoms with Gasteiger partial charge in [-0.2, -0.15) is 0 Å². The summed E-state index contributed by atoms with van der Waals surface area (Å²) in [7, 11) is 0. The van der Waals surface area contributed by atoms with Gasteiger partial charge in [0, 0.05) is 4.92 Å². The molecule has 0 aliphatic carbocycles. The number of halogens is 1. The average molecular weight is 280 g/mol. The van der Waals surface area contributed by atoms with E-state index in [0.717, 1.165) is 0 Å². The van der Waals surface area contributed by atoms with Gasteiger partial charge >= 0.3 is 5.50 Å². The second kappa shape index (κ2) is 5.58. The van der Waals surface area contributed by atoms with Crippen molar-refractivity contribution in [1.82, 2.24) is 0 Å². The molecule has 5 nitrogen and oxygen atoms in total. The second-order valence-electron chi connectivity index (χ2n) is 3.75. The molecule has 0 fully saturated rings. The zero-order valence-electron chi connectivity index (χ0n) is 9.69. The number of nitro groups is 1. The van der Waals surface area contributed by atoms with Crippen molar-refractivity contribution in [1.29, 1.82) is 0 Å². The molecule has 0 aliphatic heterocycles. The summed E-state index contributed by atoms with van der Waals surface area (Å²) in [5.41, 5.74) is -1.09. The van der Waals surface area contributed by atoms with E-state index in [4.69, 9.17) is 16.3 Å².